The first-order valence-corrected chi connectivity index (χ1v) is 9.52. The normalized spacial score (nSPS) is 17.5. The van der Waals surface area contributed by atoms with Crippen LogP contribution >= 0.6 is 27.7 Å². The summed E-state index contributed by atoms with van der Waals surface area (Å²) < 4.78 is 5.94. The van der Waals surface area contributed by atoms with Gasteiger partial charge in [0.25, 0.3) is 5.91 Å². The van der Waals surface area contributed by atoms with Crippen LogP contribution < -0.4 is 0 Å². The van der Waals surface area contributed by atoms with Crippen LogP contribution in [0.3, 0.4) is 0 Å². The third kappa shape index (κ3) is 4.35. The van der Waals surface area contributed by atoms with Gasteiger partial charge in [0.15, 0.2) is 5.17 Å². The number of carbonyl (C=O) groups is 1. The number of amides is 1. The maximum atomic E-state index is 12.8. The SMILES string of the molecule is COCCN1C(=O)/C(=C\c2cc(Br)ccc2O)SC1=Nc1ccccc1. The van der Waals surface area contributed by atoms with Crippen molar-refractivity contribution < 1.29 is 14.6 Å². The van der Waals surface area contributed by atoms with Gasteiger partial charge in [-0.2, -0.15) is 0 Å². The molecule has 0 bridgehead atoms. The summed E-state index contributed by atoms with van der Waals surface area (Å²) in [6, 6.07) is 14.6. The van der Waals surface area contributed by atoms with Gasteiger partial charge in [-0.05, 0) is 48.2 Å². The number of amidine groups is 1. The molecule has 1 N–H and O–H groups in total. The van der Waals surface area contributed by atoms with E-state index in [1.807, 2.05) is 30.3 Å². The first-order chi connectivity index (χ1) is 12.6. The minimum atomic E-state index is -0.152. The van der Waals surface area contributed by atoms with Gasteiger partial charge in [0.05, 0.1) is 23.7 Å². The van der Waals surface area contributed by atoms with E-state index in [0.717, 1.165) is 10.2 Å². The van der Waals surface area contributed by atoms with Gasteiger partial charge in [-0.1, -0.05) is 34.1 Å². The fourth-order valence-corrected chi connectivity index (χ4v) is 3.76. The number of aliphatic imine (C=N–C) groups is 1. The number of carbonyl (C=O) groups excluding carboxylic acids is 1. The second-order valence-corrected chi connectivity index (χ2v) is 7.42. The van der Waals surface area contributed by atoms with E-state index in [4.69, 9.17) is 4.74 Å². The molecule has 2 aromatic rings. The number of aromatic hydroxyl groups is 1. The summed E-state index contributed by atoms with van der Waals surface area (Å²) in [5, 5.41) is 10.6. The van der Waals surface area contributed by atoms with E-state index < -0.39 is 0 Å². The maximum absolute atomic E-state index is 12.8. The minimum absolute atomic E-state index is 0.117. The van der Waals surface area contributed by atoms with Crippen LogP contribution in [-0.4, -0.2) is 41.3 Å². The van der Waals surface area contributed by atoms with Crippen molar-refractivity contribution in [3.63, 3.8) is 0 Å². The Bertz CT molecular complexity index is 868. The lowest BCUT2D eigenvalue weighted by Crippen LogP contribution is -2.32. The molecule has 1 fully saturated rings. The Morgan fingerprint density at radius 2 is 2.04 bits per heavy atom. The number of phenols is 1. The molecule has 134 valence electrons. The van der Waals surface area contributed by atoms with Crippen molar-refractivity contribution in [2.45, 2.75) is 0 Å². The van der Waals surface area contributed by atoms with E-state index >= 15 is 0 Å². The van der Waals surface area contributed by atoms with Crippen LogP contribution in [0.1, 0.15) is 5.56 Å². The molecule has 1 saturated heterocycles. The van der Waals surface area contributed by atoms with Crippen LogP contribution in [0.4, 0.5) is 5.69 Å². The molecule has 2 aromatic carbocycles. The molecule has 0 atom stereocenters. The fourth-order valence-electron chi connectivity index (χ4n) is 2.37. The minimum Gasteiger partial charge on any atom is -0.507 e. The van der Waals surface area contributed by atoms with E-state index in [-0.39, 0.29) is 11.7 Å². The third-order valence-corrected chi connectivity index (χ3v) is 5.16. The van der Waals surface area contributed by atoms with E-state index in [9.17, 15) is 9.90 Å². The summed E-state index contributed by atoms with van der Waals surface area (Å²) in [5.41, 5.74) is 1.35. The second kappa shape index (κ2) is 8.53. The number of para-hydroxylation sites is 1. The number of phenolic OH excluding ortho intramolecular Hbond substituents is 1. The number of thioether (sulfide) groups is 1. The predicted molar refractivity (Wildman–Crippen MR) is 109 cm³/mol. The Morgan fingerprint density at radius 1 is 1.27 bits per heavy atom. The van der Waals surface area contributed by atoms with Crippen molar-refractivity contribution in [2.75, 3.05) is 20.3 Å². The zero-order chi connectivity index (χ0) is 18.5. The standard InChI is InChI=1S/C19H17BrN2O3S/c1-25-10-9-22-18(24)17(12-13-11-14(20)7-8-16(13)23)26-19(22)21-15-5-3-2-4-6-15/h2-8,11-12,23H,9-10H2,1H3/b17-12+,21-19?. The maximum Gasteiger partial charge on any atom is 0.266 e. The predicted octanol–water partition coefficient (Wildman–Crippen LogP) is 4.41. The highest BCUT2D eigenvalue weighted by Gasteiger charge is 2.33. The highest BCUT2D eigenvalue weighted by Crippen LogP contribution is 2.35. The smallest absolute Gasteiger partial charge is 0.266 e. The Morgan fingerprint density at radius 3 is 2.77 bits per heavy atom. The van der Waals surface area contributed by atoms with Gasteiger partial charge >= 0.3 is 0 Å². The summed E-state index contributed by atoms with van der Waals surface area (Å²) in [4.78, 5) is 19.5. The number of halogens is 1. The second-order valence-electron chi connectivity index (χ2n) is 5.49. The van der Waals surface area contributed by atoms with Crippen molar-refractivity contribution in [1.29, 1.82) is 0 Å². The van der Waals surface area contributed by atoms with Crippen LogP contribution in [0.2, 0.25) is 0 Å². The van der Waals surface area contributed by atoms with Crippen molar-refractivity contribution in [3.8, 4) is 5.75 Å². The molecule has 1 aliphatic rings. The van der Waals surface area contributed by atoms with Gasteiger partial charge in [-0.3, -0.25) is 9.69 Å². The zero-order valence-electron chi connectivity index (χ0n) is 14.1. The number of nitrogens with zero attached hydrogens (tertiary/aromatic N) is 2. The molecule has 5 nitrogen and oxygen atoms in total. The first-order valence-electron chi connectivity index (χ1n) is 7.91. The molecule has 0 aliphatic carbocycles. The van der Waals surface area contributed by atoms with Crippen molar-refractivity contribution in [1.82, 2.24) is 4.90 Å². The molecule has 1 amide bonds. The van der Waals surface area contributed by atoms with E-state index in [0.29, 0.717) is 28.8 Å². The lowest BCUT2D eigenvalue weighted by molar-refractivity contribution is -0.122. The molecule has 0 aromatic heterocycles. The van der Waals surface area contributed by atoms with Gasteiger partial charge in [0.1, 0.15) is 5.75 Å². The fraction of sp³-hybridized carbons (Fsp3) is 0.158. The molecule has 0 unspecified atom stereocenters. The van der Waals surface area contributed by atoms with Gasteiger partial charge in [0.2, 0.25) is 0 Å². The van der Waals surface area contributed by atoms with Crippen LogP contribution in [-0.2, 0) is 9.53 Å². The molecule has 1 aliphatic heterocycles. The highest BCUT2D eigenvalue weighted by atomic mass is 79.9. The van der Waals surface area contributed by atoms with E-state index in [1.54, 1.807) is 36.3 Å². The number of ether oxygens (including phenoxy) is 1. The molecule has 0 spiro atoms. The summed E-state index contributed by atoms with van der Waals surface area (Å²) in [7, 11) is 1.60. The largest absolute Gasteiger partial charge is 0.507 e. The van der Waals surface area contributed by atoms with Crippen molar-refractivity contribution in [3.05, 3.63) is 63.5 Å². The molecule has 1 heterocycles. The molecule has 3 rings (SSSR count). The van der Waals surface area contributed by atoms with Crippen LogP contribution in [0.25, 0.3) is 6.08 Å². The first kappa shape index (κ1) is 18.7. The van der Waals surface area contributed by atoms with E-state index in [1.165, 1.54) is 11.8 Å². The lowest BCUT2D eigenvalue weighted by atomic mass is 10.2. The van der Waals surface area contributed by atoms with E-state index in [2.05, 4.69) is 20.9 Å². The average molecular weight is 433 g/mol. The van der Waals surface area contributed by atoms with Crippen LogP contribution in [0, 0.1) is 0 Å². The molecule has 0 saturated carbocycles. The van der Waals surface area contributed by atoms with Crippen LogP contribution in [0.15, 0.2) is 62.9 Å². The molecule has 26 heavy (non-hydrogen) atoms. The Balaban J connectivity index is 1.96. The highest BCUT2D eigenvalue weighted by molar-refractivity contribution is 9.10. The van der Waals surface area contributed by atoms with Crippen molar-refractivity contribution in [2.24, 2.45) is 4.99 Å². The molecule has 0 radical (unpaired) electrons. The van der Waals surface area contributed by atoms with Gasteiger partial charge in [-0.15, -0.1) is 0 Å². The number of rotatable bonds is 5. The molecular weight excluding hydrogens is 416 g/mol. The topological polar surface area (TPSA) is 62.1 Å². The van der Waals surface area contributed by atoms with Gasteiger partial charge < -0.3 is 9.84 Å². The van der Waals surface area contributed by atoms with Gasteiger partial charge in [-0.25, -0.2) is 4.99 Å². The zero-order valence-corrected chi connectivity index (χ0v) is 16.5. The quantitative estimate of drug-likeness (QED) is 0.710. The monoisotopic (exact) mass is 432 g/mol. The Hall–Kier alpha value is -2.09. The Kier molecular flexibility index (Phi) is 6.13. The van der Waals surface area contributed by atoms with Gasteiger partial charge in [0, 0.05) is 17.1 Å². The third-order valence-electron chi connectivity index (χ3n) is 3.66. The summed E-state index contributed by atoms with van der Waals surface area (Å²) in [5.74, 6) is -0.0351. The summed E-state index contributed by atoms with van der Waals surface area (Å²) in [6.07, 6.45) is 1.68. The number of benzene rings is 2. The molecule has 7 heteroatoms. The summed E-state index contributed by atoms with van der Waals surface area (Å²) >= 11 is 4.67. The average Bonchev–Trinajstić information content (AvgIpc) is 2.92. The summed E-state index contributed by atoms with van der Waals surface area (Å²) in [6.45, 7) is 0.825. The lowest BCUT2D eigenvalue weighted by Gasteiger charge is -2.14. The van der Waals surface area contributed by atoms with Crippen LogP contribution in [0.5, 0.6) is 5.75 Å². The Labute approximate surface area is 164 Å². The number of methoxy groups -OCH3 is 1. The molecular formula is C19H17BrN2O3S. The number of hydrogen-bond acceptors (Lipinski definition) is 5. The van der Waals surface area contributed by atoms with Crippen molar-refractivity contribution >= 4 is 50.5 Å². The number of hydrogen-bond donors (Lipinski definition) is 1.